The number of non-ortho nitro benzene ring substituents is 1. The molecule has 2 rings (SSSR count). The summed E-state index contributed by atoms with van der Waals surface area (Å²) in [5.74, 6) is 0.573. The molecule has 0 saturated carbocycles. The molecule has 1 aromatic heterocycles. The fourth-order valence-corrected chi connectivity index (χ4v) is 1.71. The number of nitrogens with two attached hydrogens (primary N) is 1. The van der Waals surface area contributed by atoms with E-state index in [1.165, 1.54) is 12.1 Å². The summed E-state index contributed by atoms with van der Waals surface area (Å²) in [4.78, 5) is 10.1. The van der Waals surface area contributed by atoms with Crippen LogP contribution in [0.25, 0.3) is 5.69 Å². The number of benzene rings is 1. The predicted molar refractivity (Wildman–Crippen MR) is 63.3 cm³/mol. The minimum atomic E-state index is -0.456. The summed E-state index contributed by atoms with van der Waals surface area (Å²) in [6.45, 7) is 0.226. The molecule has 0 aliphatic heterocycles. The molecular formula is C9H9N5O2S. The minimum absolute atomic E-state index is 0.0260. The molecule has 1 heterocycles. The molecule has 0 unspecified atom stereocenters. The Labute approximate surface area is 101 Å². The van der Waals surface area contributed by atoms with E-state index in [-0.39, 0.29) is 12.2 Å². The van der Waals surface area contributed by atoms with Crippen molar-refractivity contribution < 1.29 is 4.92 Å². The third-order valence-electron chi connectivity index (χ3n) is 2.24. The zero-order valence-electron chi connectivity index (χ0n) is 8.66. The van der Waals surface area contributed by atoms with Gasteiger partial charge in [0, 0.05) is 12.1 Å². The minimum Gasteiger partial charge on any atom is -0.324 e. The molecule has 0 fully saturated rings. The van der Waals surface area contributed by atoms with Crippen molar-refractivity contribution in [1.82, 2.24) is 14.8 Å². The lowest BCUT2D eigenvalue weighted by molar-refractivity contribution is -0.384. The summed E-state index contributed by atoms with van der Waals surface area (Å²) in [6, 6.07) is 6.01. The van der Waals surface area contributed by atoms with Crippen molar-refractivity contribution in [3.63, 3.8) is 0 Å². The highest BCUT2D eigenvalue weighted by Gasteiger charge is 2.09. The van der Waals surface area contributed by atoms with E-state index in [2.05, 4.69) is 10.2 Å². The Balaban J connectivity index is 2.50. The number of rotatable bonds is 3. The van der Waals surface area contributed by atoms with Crippen LogP contribution in [0.3, 0.4) is 0 Å². The summed E-state index contributed by atoms with van der Waals surface area (Å²) in [7, 11) is 0. The molecule has 0 radical (unpaired) electrons. The van der Waals surface area contributed by atoms with E-state index in [4.69, 9.17) is 18.0 Å². The standard InChI is InChI=1S/C9H9N5O2S/c10-5-8-11-12-9(17)13(8)6-1-3-7(4-2-6)14(15)16/h1-4H,5,10H2,(H,12,17). The van der Waals surface area contributed by atoms with Crippen molar-refractivity contribution in [2.24, 2.45) is 5.73 Å². The lowest BCUT2D eigenvalue weighted by Crippen LogP contribution is -2.06. The normalized spacial score (nSPS) is 10.4. The first-order valence-corrected chi connectivity index (χ1v) is 5.15. The van der Waals surface area contributed by atoms with E-state index < -0.39 is 4.92 Å². The number of hydrogen-bond donors (Lipinski definition) is 2. The van der Waals surface area contributed by atoms with Gasteiger partial charge in [-0.15, -0.1) is 0 Å². The monoisotopic (exact) mass is 251 g/mol. The first-order chi connectivity index (χ1) is 8.13. The molecule has 8 heteroatoms. The smallest absolute Gasteiger partial charge is 0.269 e. The molecule has 3 N–H and O–H groups in total. The molecule has 0 saturated heterocycles. The highest BCUT2D eigenvalue weighted by molar-refractivity contribution is 7.71. The number of nitro benzene ring substituents is 1. The molecule has 2 aromatic rings. The Kier molecular flexibility index (Phi) is 2.98. The van der Waals surface area contributed by atoms with E-state index in [1.807, 2.05) is 0 Å². The molecule has 17 heavy (non-hydrogen) atoms. The van der Waals surface area contributed by atoms with Gasteiger partial charge in [-0.1, -0.05) is 0 Å². The van der Waals surface area contributed by atoms with Gasteiger partial charge in [0.25, 0.3) is 5.69 Å². The number of nitrogens with one attached hydrogen (secondary N) is 1. The SMILES string of the molecule is NCc1n[nH]c(=S)n1-c1ccc([N+](=O)[O-])cc1. The molecule has 7 nitrogen and oxygen atoms in total. The van der Waals surface area contributed by atoms with Crippen LogP contribution in [0.5, 0.6) is 0 Å². The average molecular weight is 251 g/mol. The molecule has 0 aliphatic carbocycles. The van der Waals surface area contributed by atoms with Crippen molar-refractivity contribution >= 4 is 17.9 Å². The van der Waals surface area contributed by atoms with Crippen LogP contribution in [0.15, 0.2) is 24.3 Å². The van der Waals surface area contributed by atoms with E-state index in [1.54, 1.807) is 16.7 Å². The Hall–Kier alpha value is -2.06. The highest BCUT2D eigenvalue weighted by Crippen LogP contribution is 2.16. The van der Waals surface area contributed by atoms with Crippen LogP contribution in [0.2, 0.25) is 0 Å². The van der Waals surface area contributed by atoms with E-state index in [9.17, 15) is 10.1 Å². The van der Waals surface area contributed by atoms with Gasteiger partial charge in [-0.05, 0) is 24.4 Å². The van der Waals surface area contributed by atoms with Gasteiger partial charge in [-0.25, -0.2) is 0 Å². The summed E-state index contributed by atoms with van der Waals surface area (Å²) in [6.07, 6.45) is 0. The third kappa shape index (κ3) is 2.08. The van der Waals surface area contributed by atoms with Crippen LogP contribution in [0, 0.1) is 14.9 Å². The zero-order chi connectivity index (χ0) is 12.4. The lowest BCUT2D eigenvalue weighted by Gasteiger charge is -2.04. The molecule has 0 amide bonds. The molecule has 0 atom stereocenters. The number of H-pyrrole nitrogens is 1. The van der Waals surface area contributed by atoms with Gasteiger partial charge in [0.05, 0.1) is 17.2 Å². The van der Waals surface area contributed by atoms with Crippen LogP contribution < -0.4 is 5.73 Å². The van der Waals surface area contributed by atoms with Gasteiger partial charge in [-0.3, -0.25) is 19.8 Å². The van der Waals surface area contributed by atoms with Crippen molar-refractivity contribution in [3.8, 4) is 5.69 Å². The lowest BCUT2D eigenvalue weighted by atomic mass is 10.3. The Morgan fingerprint density at radius 2 is 2.12 bits per heavy atom. The van der Waals surface area contributed by atoms with Crippen molar-refractivity contribution in [3.05, 3.63) is 45.0 Å². The maximum absolute atomic E-state index is 10.5. The van der Waals surface area contributed by atoms with Gasteiger partial charge in [0.1, 0.15) is 5.82 Å². The molecule has 0 spiro atoms. The summed E-state index contributed by atoms with van der Waals surface area (Å²) in [5, 5.41) is 17.1. The average Bonchev–Trinajstić information content (AvgIpc) is 2.70. The Bertz CT molecular complexity index is 601. The van der Waals surface area contributed by atoms with Gasteiger partial charge in [0.15, 0.2) is 4.77 Å². The largest absolute Gasteiger partial charge is 0.324 e. The maximum atomic E-state index is 10.5. The van der Waals surface area contributed by atoms with E-state index in [0.29, 0.717) is 16.3 Å². The van der Waals surface area contributed by atoms with Gasteiger partial charge in [-0.2, -0.15) is 5.10 Å². The highest BCUT2D eigenvalue weighted by atomic mass is 32.1. The summed E-state index contributed by atoms with van der Waals surface area (Å²) >= 11 is 5.06. The first kappa shape index (κ1) is 11.4. The third-order valence-corrected chi connectivity index (χ3v) is 2.52. The topological polar surface area (TPSA) is 103 Å². The van der Waals surface area contributed by atoms with Gasteiger partial charge in [0.2, 0.25) is 0 Å². The van der Waals surface area contributed by atoms with E-state index in [0.717, 1.165) is 0 Å². The van der Waals surface area contributed by atoms with Crippen LogP contribution >= 0.6 is 12.2 Å². The number of hydrogen-bond acceptors (Lipinski definition) is 5. The second-order valence-electron chi connectivity index (χ2n) is 3.26. The Morgan fingerprint density at radius 3 is 2.65 bits per heavy atom. The van der Waals surface area contributed by atoms with Crippen LogP contribution in [-0.2, 0) is 6.54 Å². The molecule has 0 aliphatic rings. The summed E-state index contributed by atoms with van der Waals surface area (Å²) < 4.78 is 2.04. The second kappa shape index (κ2) is 4.44. The van der Waals surface area contributed by atoms with Gasteiger partial charge < -0.3 is 5.73 Å². The predicted octanol–water partition coefficient (Wildman–Crippen LogP) is 1.30. The fourth-order valence-electron chi connectivity index (χ4n) is 1.46. The molecule has 0 bridgehead atoms. The van der Waals surface area contributed by atoms with Crippen LogP contribution in [0.4, 0.5) is 5.69 Å². The first-order valence-electron chi connectivity index (χ1n) is 4.74. The van der Waals surface area contributed by atoms with E-state index >= 15 is 0 Å². The van der Waals surface area contributed by atoms with Crippen molar-refractivity contribution in [1.29, 1.82) is 0 Å². The second-order valence-corrected chi connectivity index (χ2v) is 3.64. The van der Waals surface area contributed by atoms with Crippen LogP contribution in [-0.4, -0.2) is 19.7 Å². The maximum Gasteiger partial charge on any atom is 0.269 e. The molecular weight excluding hydrogens is 242 g/mol. The number of nitro groups is 1. The number of aromatic nitrogens is 3. The number of nitrogens with zero attached hydrogens (tertiary/aromatic N) is 3. The zero-order valence-corrected chi connectivity index (χ0v) is 9.48. The number of aromatic amines is 1. The summed E-state index contributed by atoms with van der Waals surface area (Å²) in [5.41, 5.74) is 6.24. The van der Waals surface area contributed by atoms with Crippen molar-refractivity contribution in [2.75, 3.05) is 0 Å². The van der Waals surface area contributed by atoms with Gasteiger partial charge >= 0.3 is 0 Å². The Morgan fingerprint density at radius 1 is 1.47 bits per heavy atom. The van der Waals surface area contributed by atoms with Crippen molar-refractivity contribution in [2.45, 2.75) is 6.54 Å². The molecule has 88 valence electrons. The van der Waals surface area contributed by atoms with Crippen LogP contribution in [0.1, 0.15) is 5.82 Å². The quantitative estimate of drug-likeness (QED) is 0.486. The molecule has 1 aromatic carbocycles. The fraction of sp³-hybridized carbons (Fsp3) is 0.111.